The van der Waals surface area contributed by atoms with E-state index in [1.54, 1.807) is 0 Å². The number of fused-ring (bicyclic) bond motifs is 1. The molecule has 0 spiro atoms. The molecule has 1 fully saturated rings. The molecule has 0 amide bonds. The largest absolute Gasteiger partial charge is 0.327 e. The summed E-state index contributed by atoms with van der Waals surface area (Å²) in [6.07, 6.45) is 5.24. The van der Waals surface area contributed by atoms with Crippen molar-refractivity contribution in [3.8, 4) is 6.07 Å². The van der Waals surface area contributed by atoms with Crippen molar-refractivity contribution in [3.63, 3.8) is 0 Å². The first kappa shape index (κ1) is 12.5. The van der Waals surface area contributed by atoms with Crippen LogP contribution in [0.1, 0.15) is 37.1 Å². The Kier molecular flexibility index (Phi) is 3.44. The topological polar surface area (TPSA) is 41.6 Å². The summed E-state index contributed by atoms with van der Waals surface area (Å²) in [5.74, 6) is 2.06. The first-order valence-electron chi connectivity index (χ1n) is 6.77. The number of hydrogen-bond acceptors (Lipinski definition) is 2. The highest BCUT2D eigenvalue weighted by molar-refractivity contribution is 6.16. The molecule has 1 heterocycles. The van der Waals surface area contributed by atoms with Gasteiger partial charge < -0.3 is 4.57 Å². The summed E-state index contributed by atoms with van der Waals surface area (Å²) in [4.78, 5) is 4.57. The Morgan fingerprint density at radius 1 is 1.37 bits per heavy atom. The lowest BCUT2D eigenvalue weighted by atomic mass is 10.1. The second kappa shape index (κ2) is 5.22. The third kappa shape index (κ3) is 2.33. The van der Waals surface area contributed by atoms with Gasteiger partial charge in [0.05, 0.1) is 28.5 Å². The SMILES string of the molecule is N#Cc1ccc2nc(CCl)n(CC3CCCC3)c2c1. The fraction of sp³-hybridized carbons (Fsp3) is 0.467. The second-order valence-corrected chi connectivity index (χ2v) is 5.51. The van der Waals surface area contributed by atoms with Crippen LogP contribution in [-0.2, 0) is 12.4 Å². The molecule has 1 aromatic carbocycles. The number of nitriles is 1. The molecule has 0 unspecified atom stereocenters. The number of hydrogen-bond donors (Lipinski definition) is 0. The number of nitrogens with zero attached hydrogens (tertiary/aromatic N) is 3. The molecule has 0 bridgehead atoms. The van der Waals surface area contributed by atoms with E-state index in [0.717, 1.165) is 29.3 Å². The predicted molar refractivity (Wildman–Crippen MR) is 76.0 cm³/mol. The van der Waals surface area contributed by atoms with Gasteiger partial charge in [0.25, 0.3) is 0 Å². The lowest BCUT2D eigenvalue weighted by Crippen LogP contribution is -2.10. The van der Waals surface area contributed by atoms with Gasteiger partial charge in [0.1, 0.15) is 5.82 Å². The van der Waals surface area contributed by atoms with Crippen LogP contribution in [0.2, 0.25) is 0 Å². The molecule has 0 N–H and O–H groups in total. The van der Waals surface area contributed by atoms with Gasteiger partial charge in [-0.05, 0) is 37.0 Å². The Balaban J connectivity index is 2.05. The molecule has 3 nitrogen and oxygen atoms in total. The summed E-state index contributed by atoms with van der Waals surface area (Å²) >= 11 is 6.01. The molecule has 1 saturated carbocycles. The van der Waals surface area contributed by atoms with Crippen LogP contribution in [0, 0.1) is 17.2 Å². The third-order valence-corrected chi connectivity index (χ3v) is 4.23. The summed E-state index contributed by atoms with van der Waals surface area (Å²) in [7, 11) is 0. The maximum Gasteiger partial charge on any atom is 0.124 e. The standard InChI is InChI=1S/C15H16ClN3/c16-8-15-18-13-6-5-12(9-17)7-14(13)19(15)10-11-3-1-2-4-11/h5-7,11H,1-4,8,10H2. The normalized spacial score (nSPS) is 16.0. The van der Waals surface area contributed by atoms with E-state index in [0.29, 0.717) is 11.4 Å². The van der Waals surface area contributed by atoms with Gasteiger partial charge in [0.2, 0.25) is 0 Å². The van der Waals surface area contributed by atoms with E-state index in [1.807, 2.05) is 18.2 Å². The fourth-order valence-electron chi connectivity index (χ4n) is 3.00. The van der Waals surface area contributed by atoms with Crippen molar-refractivity contribution in [2.24, 2.45) is 5.92 Å². The highest BCUT2D eigenvalue weighted by Gasteiger charge is 2.19. The van der Waals surface area contributed by atoms with Crippen molar-refractivity contribution in [1.29, 1.82) is 5.26 Å². The molecule has 0 atom stereocenters. The maximum atomic E-state index is 9.03. The Morgan fingerprint density at radius 3 is 2.84 bits per heavy atom. The molecule has 4 heteroatoms. The fourth-order valence-corrected chi connectivity index (χ4v) is 3.20. The third-order valence-electron chi connectivity index (χ3n) is 3.99. The van der Waals surface area contributed by atoms with Gasteiger partial charge in [-0.15, -0.1) is 11.6 Å². The summed E-state index contributed by atoms with van der Waals surface area (Å²) in [5.41, 5.74) is 2.66. The van der Waals surface area contributed by atoms with Crippen molar-refractivity contribution in [3.05, 3.63) is 29.6 Å². The van der Waals surface area contributed by atoms with Crippen LogP contribution in [0.3, 0.4) is 0 Å². The van der Waals surface area contributed by atoms with E-state index < -0.39 is 0 Å². The zero-order valence-electron chi connectivity index (χ0n) is 10.8. The van der Waals surface area contributed by atoms with Gasteiger partial charge in [-0.25, -0.2) is 4.98 Å². The second-order valence-electron chi connectivity index (χ2n) is 5.24. The van der Waals surface area contributed by atoms with Gasteiger partial charge in [0.15, 0.2) is 0 Å². The number of aromatic nitrogens is 2. The molecular weight excluding hydrogens is 258 g/mol. The van der Waals surface area contributed by atoms with E-state index >= 15 is 0 Å². The molecule has 0 radical (unpaired) electrons. The van der Waals surface area contributed by atoms with Crippen LogP contribution in [0.15, 0.2) is 18.2 Å². The first-order valence-corrected chi connectivity index (χ1v) is 7.30. The minimum atomic E-state index is 0.420. The highest BCUT2D eigenvalue weighted by Crippen LogP contribution is 2.29. The summed E-state index contributed by atoms with van der Waals surface area (Å²) < 4.78 is 2.21. The zero-order chi connectivity index (χ0) is 13.2. The van der Waals surface area contributed by atoms with E-state index in [1.165, 1.54) is 25.7 Å². The van der Waals surface area contributed by atoms with Crippen molar-refractivity contribution in [2.75, 3.05) is 0 Å². The van der Waals surface area contributed by atoms with Crippen molar-refractivity contribution in [2.45, 2.75) is 38.1 Å². The molecule has 0 aliphatic heterocycles. The molecule has 1 aromatic heterocycles. The molecule has 19 heavy (non-hydrogen) atoms. The Hall–Kier alpha value is -1.53. The van der Waals surface area contributed by atoms with Crippen LogP contribution in [0.25, 0.3) is 11.0 Å². The highest BCUT2D eigenvalue weighted by atomic mass is 35.5. The number of imidazole rings is 1. The van der Waals surface area contributed by atoms with Gasteiger partial charge in [0, 0.05) is 6.54 Å². The number of rotatable bonds is 3. The molecule has 98 valence electrons. The quantitative estimate of drug-likeness (QED) is 0.798. The van der Waals surface area contributed by atoms with Crippen molar-refractivity contribution < 1.29 is 0 Å². The summed E-state index contributed by atoms with van der Waals surface area (Å²) in [5, 5.41) is 9.03. The smallest absolute Gasteiger partial charge is 0.124 e. The van der Waals surface area contributed by atoms with Gasteiger partial charge >= 0.3 is 0 Å². The Bertz CT molecular complexity index is 633. The number of halogens is 1. The molecule has 1 aliphatic carbocycles. The van der Waals surface area contributed by atoms with Crippen LogP contribution in [0.5, 0.6) is 0 Å². The lowest BCUT2D eigenvalue weighted by molar-refractivity contribution is 0.458. The van der Waals surface area contributed by atoms with Gasteiger partial charge in [-0.2, -0.15) is 5.26 Å². The summed E-state index contributed by atoms with van der Waals surface area (Å²) in [6.45, 7) is 0.980. The molecule has 2 aromatic rings. The van der Waals surface area contributed by atoms with Gasteiger partial charge in [-0.1, -0.05) is 12.8 Å². The Morgan fingerprint density at radius 2 is 2.16 bits per heavy atom. The van der Waals surface area contributed by atoms with E-state index in [2.05, 4.69) is 15.6 Å². The Labute approximate surface area is 117 Å². The minimum absolute atomic E-state index is 0.420. The average molecular weight is 274 g/mol. The molecule has 1 aliphatic rings. The van der Waals surface area contributed by atoms with E-state index in [-0.39, 0.29) is 0 Å². The van der Waals surface area contributed by atoms with Gasteiger partial charge in [-0.3, -0.25) is 0 Å². The maximum absolute atomic E-state index is 9.03. The van der Waals surface area contributed by atoms with Crippen LogP contribution in [-0.4, -0.2) is 9.55 Å². The van der Waals surface area contributed by atoms with Crippen LogP contribution >= 0.6 is 11.6 Å². The van der Waals surface area contributed by atoms with Crippen LogP contribution < -0.4 is 0 Å². The van der Waals surface area contributed by atoms with Crippen molar-refractivity contribution >= 4 is 22.6 Å². The number of alkyl halides is 1. The number of benzene rings is 1. The molecule has 3 rings (SSSR count). The average Bonchev–Trinajstić information content (AvgIpc) is 3.07. The zero-order valence-corrected chi connectivity index (χ0v) is 11.5. The lowest BCUT2D eigenvalue weighted by Gasteiger charge is -2.13. The minimum Gasteiger partial charge on any atom is -0.327 e. The molecular formula is C15H16ClN3. The van der Waals surface area contributed by atoms with E-state index in [4.69, 9.17) is 16.9 Å². The predicted octanol–water partition coefficient (Wildman–Crippen LogP) is 3.84. The van der Waals surface area contributed by atoms with Crippen LogP contribution in [0.4, 0.5) is 0 Å². The first-order chi connectivity index (χ1) is 9.31. The summed E-state index contributed by atoms with van der Waals surface area (Å²) in [6, 6.07) is 7.84. The van der Waals surface area contributed by atoms with E-state index in [9.17, 15) is 0 Å². The van der Waals surface area contributed by atoms with Crippen molar-refractivity contribution in [1.82, 2.24) is 9.55 Å². The monoisotopic (exact) mass is 273 g/mol. The molecule has 0 saturated heterocycles.